The Hall–Kier alpha value is -1.72. The quantitative estimate of drug-likeness (QED) is 0.804. The van der Waals surface area contributed by atoms with Crippen LogP contribution in [0.15, 0.2) is 30.3 Å². The van der Waals surface area contributed by atoms with Gasteiger partial charge in [0.2, 0.25) is 0 Å². The van der Waals surface area contributed by atoms with E-state index in [2.05, 4.69) is 4.74 Å². The summed E-state index contributed by atoms with van der Waals surface area (Å²) in [7, 11) is 0. The lowest BCUT2D eigenvalue weighted by atomic mass is 9.93. The van der Waals surface area contributed by atoms with Crippen LogP contribution in [-0.4, -0.2) is 18.8 Å². The lowest BCUT2D eigenvalue weighted by Gasteiger charge is -2.29. The average molecular weight is 231 g/mol. The molecule has 1 saturated heterocycles. The third-order valence-electron chi connectivity index (χ3n) is 2.45. The zero-order chi connectivity index (χ0) is 11.8. The Morgan fingerprint density at radius 1 is 1.25 bits per heavy atom. The maximum absolute atomic E-state index is 13.0. The number of ether oxygens (including phenoxy) is 1. The highest BCUT2D eigenvalue weighted by atomic mass is 19.4. The summed E-state index contributed by atoms with van der Waals surface area (Å²) in [5.74, 6) is 0. The Morgan fingerprint density at radius 2 is 1.88 bits per heavy atom. The molecule has 1 N–H and O–H groups in total. The average Bonchev–Trinajstić information content (AvgIpc) is 2.62. The number of hydrogen-bond donors (Lipinski definition) is 1. The summed E-state index contributed by atoms with van der Waals surface area (Å²) in [6, 6.07) is 7.10. The number of alkyl halides is 3. The summed E-state index contributed by atoms with van der Waals surface area (Å²) in [5, 5.41) is 2.03. The Labute approximate surface area is 89.2 Å². The molecule has 1 aliphatic heterocycles. The molecule has 2 rings (SSSR count). The van der Waals surface area contributed by atoms with Crippen LogP contribution in [0.2, 0.25) is 0 Å². The Bertz CT molecular complexity index is 404. The number of nitrogens with one attached hydrogen (secondary N) is 1. The van der Waals surface area contributed by atoms with E-state index in [4.69, 9.17) is 0 Å². The van der Waals surface area contributed by atoms with Crippen LogP contribution in [0.4, 0.5) is 18.0 Å². The molecule has 0 aromatic heterocycles. The minimum atomic E-state index is -4.65. The molecule has 86 valence electrons. The highest BCUT2D eigenvalue weighted by Crippen LogP contribution is 2.43. The highest BCUT2D eigenvalue weighted by molar-refractivity contribution is 5.71. The summed E-state index contributed by atoms with van der Waals surface area (Å²) in [6.45, 7) is -0.598. The Morgan fingerprint density at radius 3 is 2.31 bits per heavy atom. The summed E-state index contributed by atoms with van der Waals surface area (Å²) in [6.07, 6.45) is -5.70. The van der Waals surface area contributed by atoms with Crippen LogP contribution in [0.25, 0.3) is 0 Å². The molecule has 6 heteroatoms. The molecule has 1 unspecified atom stereocenters. The van der Waals surface area contributed by atoms with Crippen LogP contribution in [0.3, 0.4) is 0 Å². The van der Waals surface area contributed by atoms with Crippen molar-refractivity contribution < 1.29 is 22.7 Å². The van der Waals surface area contributed by atoms with Gasteiger partial charge >= 0.3 is 12.3 Å². The molecular formula is C10H8F3NO2. The monoisotopic (exact) mass is 231 g/mol. The van der Waals surface area contributed by atoms with Crippen LogP contribution in [0, 0.1) is 0 Å². The first-order chi connectivity index (χ1) is 7.46. The fraction of sp³-hybridized carbons (Fsp3) is 0.300. The zero-order valence-electron chi connectivity index (χ0n) is 8.04. The van der Waals surface area contributed by atoms with Gasteiger partial charge in [0.25, 0.3) is 5.60 Å². The van der Waals surface area contributed by atoms with Crippen molar-refractivity contribution in [1.82, 2.24) is 5.32 Å². The largest absolute Gasteiger partial charge is 0.434 e. The summed E-state index contributed by atoms with van der Waals surface area (Å²) in [5.41, 5.74) is -2.65. The number of rotatable bonds is 1. The number of benzene rings is 1. The predicted octanol–water partition coefficient (Wildman–Crippen LogP) is 2.18. The summed E-state index contributed by atoms with van der Waals surface area (Å²) < 4.78 is 43.3. The number of halogens is 3. The van der Waals surface area contributed by atoms with Gasteiger partial charge in [-0.25, -0.2) is 4.79 Å². The molecule has 0 bridgehead atoms. The smallest absolute Gasteiger partial charge is 0.426 e. The minimum absolute atomic E-state index is 0.0825. The zero-order valence-corrected chi connectivity index (χ0v) is 8.04. The van der Waals surface area contributed by atoms with E-state index in [1.54, 1.807) is 6.07 Å². The SMILES string of the molecule is O=C1NCC(c2ccccc2)(C(F)(F)F)O1. The van der Waals surface area contributed by atoms with Gasteiger partial charge in [-0.2, -0.15) is 13.2 Å². The number of amides is 1. The van der Waals surface area contributed by atoms with Crippen LogP contribution >= 0.6 is 0 Å². The predicted molar refractivity (Wildman–Crippen MR) is 48.7 cm³/mol. The first-order valence-electron chi connectivity index (χ1n) is 4.55. The van der Waals surface area contributed by atoms with Crippen molar-refractivity contribution in [3.05, 3.63) is 35.9 Å². The van der Waals surface area contributed by atoms with Gasteiger partial charge in [-0.3, -0.25) is 0 Å². The highest BCUT2D eigenvalue weighted by Gasteiger charge is 2.62. The molecule has 0 aliphatic carbocycles. The van der Waals surface area contributed by atoms with Crippen LogP contribution < -0.4 is 5.32 Å². The molecule has 1 aromatic rings. The third-order valence-corrected chi connectivity index (χ3v) is 2.45. The van der Waals surface area contributed by atoms with E-state index in [1.807, 2.05) is 5.32 Å². The van der Waals surface area contributed by atoms with E-state index in [0.29, 0.717) is 0 Å². The van der Waals surface area contributed by atoms with Crippen molar-refractivity contribution >= 4 is 6.09 Å². The van der Waals surface area contributed by atoms with Gasteiger partial charge < -0.3 is 10.1 Å². The first kappa shape index (κ1) is 10.8. The fourth-order valence-corrected chi connectivity index (χ4v) is 1.62. The van der Waals surface area contributed by atoms with E-state index in [9.17, 15) is 18.0 Å². The molecule has 1 aliphatic rings. The van der Waals surface area contributed by atoms with Crippen LogP contribution in [0.1, 0.15) is 5.56 Å². The van der Waals surface area contributed by atoms with Crippen LogP contribution in [-0.2, 0) is 10.3 Å². The standard InChI is InChI=1S/C10H8F3NO2/c11-10(12,13)9(6-14-8(15)16-9)7-4-2-1-3-5-7/h1-5H,6H2,(H,14,15). The number of hydrogen-bond acceptors (Lipinski definition) is 2. The van der Waals surface area contributed by atoms with E-state index in [1.165, 1.54) is 24.3 Å². The molecule has 1 atom stereocenters. The molecule has 1 heterocycles. The topological polar surface area (TPSA) is 38.3 Å². The number of alkyl carbamates (subject to hydrolysis) is 1. The Kier molecular flexibility index (Phi) is 2.29. The number of cyclic esters (lactones) is 1. The van der Waals surface area contributed by atoms with Crippen LogP contribution in [0.5, 0.6) is 0 Å². The first-order valence-corrected chi connectivity index (χ1v) is 4.55. The van der Waals surface area contributed by atoms with Gasteiger partial charge in [0.15, 0.2) is 0 Å². The van der Waals surface area contributed by atoms with Crippen molar-refractivity contribution in [3.8, 4) is 0 Å². The molecule has 3 nitrogen and oxygen atoms in total. The van der Waals surface area contributed by atoms with Crippen molar-refractivity contribution in [3.63, 3.8) is 0 Å². The van der Waals surface area contributed by atoms with E-state index in [0.717, 1.165) is 0 Å². The lowest BCUT2D eigenvalue weighted by Crippen LogP contribution is -2.45. The normalized spacial score (nSPS) is 25.1. The second-order valence-electron chi connectivity index (χ2n) is 3.43. The van der Waals surface area contributed by atoms with Gasteiger partial charge in [-0.15, -0.1) is 0 Å². The van der Waals surface area contributed by atoms with Crippen molar-refractivity contribution in [2.24, 2.45) is 0 Å². The molecule has 1 fully saturated rings. The van der Waals surface area contributed by atoms with E-state index >= 15 is 0 Å². The van der Waals surface area contributed by atoms with Gasteiger partial charge in [-0.05, 0) is 0 Å². The molecule has 1 amide bonds. The molecule has 16 heavy (non-hydrogen) atoms. The molecular weight excluding hydrogens is 223 g/mol. The molecule has 0 saturated carbocycles. The second kappa shape index (κ2) is 3.40. The molecule has 0 spiro atoms. The minimum Gasteiger partial charge on any atom is -0.426 e. The lowest BCUT2D eigenvalue weighted by molar-refractivity contribution is -0.250. The maximum Gasteiger partial charge on any atom is 0.434 e. The van der Waals surface area contributed by atoms with Crippen molar-refractivity contribution in [2.75, 3.05) is 6.54 Å². The van der Waals surface area contributed by atoms with Gasteiger partial charge in [0, 0.05) is 5.56 Å². The summed E-state index contributed by atoms with van der Waals surface area (Å²) in [4.78, 5) is 10.8. The fourth-order valence-electron chi connectivity index (χ4n) is 1.62. The maximum atomic E-state index is 13.0. The van der Waals surface area contributed by atoms with Gasteiger partial charge in [-0.1, -0.05) is 30.3 Å². The van der Waals surface area contributed by atoms with Gasteiger partial charge in [0.1, 0.15) is 0 Å². The molecule has 1 aromatic carbocycles. The van der Waals surface area contributed by atoms with Crippen molar-refractivity contribution in [2.45, 2.75) is 11.8 Å². The Balaban J connectivity index is 2.49. The van der Waals surface area contributed by atoms with E-state index < -0.39 is 24.4 Å². The third kappa shape index (κ3) is 1.50. The van der Waals surface area contributed by atoms with Crippen molar-refractivity contribution in [1.29, 1.82) is 0 Å². The van der Waals surface area contributed by atoms with Gasteiger partial charge in [0.05, 0.1) is 6.54 Å². The number of carbonyl (C=O) groups is 1. The second-order valence-corrected chi connectivity index (χ2v) is 3.43. The molecule has 0 radical (unpaired) electrons. The van der Waals surface area contributed by atoms with E-state index in [-0.39, 0.29) is 5.56 Å². The summed E-state index contributed by atoms with van der Waals surface area (Å²) >= 11 is 0. The number of carbonyl (C=O) groups excluding carboxylic acids is 1.